The van der Waals surface area contributed by atoms with Gasteiger partial charge in [0.15, 0.2) is 5.82 Å². The molecule has 0 aliphatic carbocycles. The van der Waals surface area contributed by atoms with Gasteiger partial charge in [-0.3, -0.25) is 4.79 Å². The SMILES string of the molecule is COC(=O)c1ccc2c(=O)[nH]c(/C(Cl)=C/c3ccc4cc(OC)ccc4c3)nc2c1. The van der Waals surface area contributed by atoms with Gasteiger partial charge in [0, 0.05) is 0 Å². The molecule has 1 N–H and O–H groups in total. The van der Waals surface area contributed by atoms with E-state index in [9.17, 15) is 9.59 Å². The van der Waals surface area contributed by atoms with E-state index in [1.54, 1.807) is 13.2 Å². The quantitative estimate of drug-likeness (QED) is 0.487. The van der Waals surface area contributed by atoms with Crippen LogP contribution in [0.15, 0.2) is 59.4 Å². The Morgan fingerprint density at radius 1 is 1.03 bits per heavy atom. The summed E-state index contributed by atoms with van der Waals surface area (Å²) < 4.78 is 9.97. The number of hydrogen-bond donors (Lipinski definition) is 1. The number of hydrogen-bond acceptors (Lipinski definition) is 5. The molecule has 0 radical (unpaired) electrons. The van der Waals surface area contributed by atoms with E-state index < -0.39 is 5.97 Å². The van der Waals surface area contributed by atoms with Crippen molar-refractivity contribution < 1.29 is 14.3 Å². The lowest BCUT2D eigenvalue weighted by Crippen LogP contribution is -2.11. The van der Waals surface area contributed by atoms with Gasteiger partial charge in [0.25, 0.3) is 5.56 Å². The van der Waals surface area contributed by atoms with Crippen LogP contribution in [-0.4, -0.2) is 30.2 Å². The molecule has 150 valence electrons. The summed E-state index contributed by atoms with van der Waals surface area (Å²) in [7, 11) is 2.92. The van der Waals surface area contributed by atoms with Gasteiger partial charge < -0.3 is 14.5 Å². The first-order valence-electron chi connectivity index (χ1n) is 9.06. The molecule has 0 atom stereocenters. The van der Waals surface area contributed by atoms with Crippen molar-refractivity contribution in [2.45, 2.75) is 0 Å². The Bertz CT molecular complexity index is 1380. The van der Waals surface area contributed by atoms with Gasteiger partial charge >= 0.3 is 5.97 Å². The number of nitrogens with one attached hydrogen (secondary N) is 1. The zero-order valence-electron chi connectivity index (χ0n) is 16.2. The minimum atomic E-state index is -0.505. The molecule has 0 aliphatic heterocycles. The molecule has 0 fully saturated rings. The molecule has 0 saturated carbocycles. The average molecular weight is 421 g/mol. The van der Waals surface area contributed by atoms with E-state index >= 15 is 0 Å². The van der Waals surface area contributed by atoms with Gasteiger partial charge in [-0.1, -0.05) is 29.8 Å². The second-order valence-electron chi connectivity index (χ2n) is 6.60. The number of halogens is 1. The first kappa shape index (κ1) is 19.7. The minimum Gasteiger partial charge on any atom is -0.497 e. The van der Waals surface area contributed by atoms with Crippen LogP contribution in [0.1, 0.15) is 21.7 Å². The lowest BCUT2D eigenvalue weighted by atomic mass is 10.1. The van der Waals surface area contributed by atoms with Gasteiger partial charge in [0.1, 0.15) is 5.75 Å². The smallest absolute Gasteiger partial charge is 0.337 e. The number of nitrogens with zero attached hydrogens (tertiary/aromatic N) is 1. The summed E-state index contributed by atoms with van der Waals surface area (Å²) >= 11 is 6.46. The van der Waals surface area contributed by atoms with Gasteiger partial charge in [-0.15, -0.1) is 0 Å². The normalized spacial score (nSPS) is 11.6. The number of rotatable bonds is 4. The minimum absolute atomic E-state index is 0.214. The number of carbonyl (C=O) groups excluding carboxylic acids is 1. The third kappa shape index (κ3) is 3.77. The predicted octanol–water partition coefficient (Wildman–Crippen LogP) is 4.61. The van der Waals surface area contributed by atoms with Crippen molar-refractivity contribution in [3.05, 3.63) is 81.9 Å². The van der Waals surface area contributed by atoms with Crippen LogP contribution in [-0.2, 0) is 4.74 Å². The fourth-order valence-corrected chi connectivity index (χ4v) is 3.39. The van der Waals surface area contributed by atoms with Crippen molar-refractivity contribution in [1.29, 1.82) is 0 Å². The standard InChI is InChI=1S/C23H17ClN2O4/c1-29-17-7-5-14-9-13(3-4-15(14)11-17)10-19(24)21-25-20-12-16(23(28)30-2)6-8-18(20)22(27)26-21/h3-12H,1-2H3,(H,25,26,27)/b19-10-. The van der Waals surface area contributed by atoms with E-state index in [4.69, 9.17) is 21.1 Å². The molecule has 7 heteroatoms. The number of carbonyl (C=O) groups is 1. The Labute approximate surface area is 176 Å². The maximum atomic E-state index is 12.4. The second-order valence-corrected chi connectivity index (χ2v) is 7.01. The molecule has 4 rings (SSSR count). The number of fused-ring (bicyclic) bond motifs is 2. The third-order valence-corrected chi connectivity index (χ3v) is 5.01. The highest BCUT2D eigenvalue weighted by molar-refractivity contribution is 6.50. The molecule has 0 spiro atoms. The van der Waals surface area contributed by atoms with Crippen LogP contribution in [0, 0.1) is 0 Å². The fourth-order valence-electron chi connectivity index (χ4n) is 3.17. The van der Waals surface area contributed by atoms with Gasteiger partial charge in [-0.2, -0.15) is 0 Å². The number of aromatic nitrogens is 2. The lowest BCUT2D eigenvalue weighted by molar-refractivity contribution is 0.0601. The van der Waals surface area contributed by atoms with E-state index in [-0.39, 0.29) is 16.4 Å². The lowest BCUT2D eigenvalue weighted by Gasteiger charge is -2.06. The van der Waals surface area contributed by atoms with Crippen molar-refractivity contribution in [2.24, 2.45) is 0 Å². The highest BCUT2D eigenvalue weighted by Gasteiger charge is 2.11. The molecule has 0 bridgehead atoms. The maximum absolute atomic E-state index is 12.4. The molecule has 3 aromatic carbocycles. The summed E-state index contributed by atoms with van der Waals surface area (Å²) in [5.74, 6) is 0.495. The van der Waals surface area contributed by atoms with Crippen LogP contribution in [0.5, 0.6) is 5.75 Å². The molecule has 6 nitrogen and oxygen atoms in total. The Hall–Kier alpha value is -3.64. The highest BCUT2D eigenvalue weighted by Crippen LogP contribution is 2.25. The highest BCUT2D eigenvalue weighted by atomic mass is 35.5. The van der Waals surface area contributed by atoms with Gasteiger partial charge in [-0.25, -0.2) is 9.78 Å². The Kier molecular flexibility index (Phi) is 5.25. The van der Waals surface area contributed by atoms with Crippen LogP contribution in [0.4, 0.5) is 0 Å². The van der Waals surface area contributed by atoms with Gasteiger partial charge in [-0.05, 0) is 58.8 Å². The van der Waals surface area contributed by atoms with E-state index in [2.05, 4.69) is 9.97 Å². The molecule has 0 amide bonds. The van der Waals surface area contributed by atoms with Gasteiger partial charge in [0.2, 0.25) is 0 Å². The summed E-state index contributed by atoms with van der Waals surface area (Å²) in [4.78, 5) is 31.3. The summed E-state index contributed by atoms with van der Waals surface area (Å²) in [6.07, 6.45) is 1.72. The van der Waals surface area contributed by atoms with E-state index in [0.29, 0.717) is 16.5 Å². The number of ether oxygens (including phenoxy) is 2. The first-order valence-corrected chi connectivity index (χ1v) is 9.44. The summed E-state index contributed by atoms with van der Waals surface area (Å²) in [5.41, 5.74) is 1.17. The molecule has 0 saturated heterocycles. The van der Waals surface area contributed by atoms with Crippen LogP contribution >= 0.6 is 11.6 Å². The zero-order valence-corrected chi connectivity index (χ0v) is 17.0. The van der Waals surface area contributed by atoms with Crippen LogP contribution in [0.3, 0.4) is 0 Å². The van der Waals surface area contributed by atoms with Crippen LogP contribution in [0.2, 0.25) is 0 Å². The van der Waals surface area contributed by atoms with Gasteiger partial charge in [0.05, 0.1) is 35.7 Å². The van der Waals surface area contributed by atoms with Crippen LogP contribution < -0.4 is 10.3 Å². The number of methoxy groups -OCH3 is 2. The molecule has 0 unspecified atom stereocenters. The Morgan fingerprint density at radius 3 is 2.57 bits per heavy atom. The molecule has 1 aromatic heterocycles. The fraction of sp³-hybridized carbons (Fsp3) is 0.0870. The number of aromatic amines is 1. The molecular formula is C23H17ClN2O4. The van der Waals surface area contributed by atoms with E-state index in [1.807, 2.05) is 36.4 Å². The maximum Gasteiger partial charge on any atom is 0.337 e. The Balaban J connectivity index is 1.75. The summed E-state index contributed by atoms with van der Waals surface area (Å²) in [5, 5.41) is 2.69. The predicted molar refractivity (Wildman–Crippen MR) is 118 cm³/mol. The molecule has 4 aromatic rings. The van der Waals surface area contributed by atoms with E-state index in [0.717, 1.165) is 22.1 Å². The topological polar surface area (TPSA) is 81.3 Å². The second kappa shape index (κ2) is 8.00. The first-order chi connectivity index (χ1) is 14.5. The monoisotopic (exact) mass is 420 g/mol. The number of H-pyrrole nitrogens is 1. The molecular weight excluding hydrogens is 404 g/mol. The average Bonchev–Trinajstić information content (AvgIpc) is 2.77. The largest absolute Gasteiger partial charge is 0.497 e. The van der Waals surface area contributed by atoms with Crippen molar-refractivity contribution in [1.82, 2.24) is 9.97 Å². The summed E-state index contributed by atoms with van der Waals surface area (Å²) in [6, 6.07) is 16.2. The van der Waals surface area contributed by atoms with Crippen molar-refractivity contribution in [2.75, 3.05) is 14.2 Å². The zero-order chi connectivity index (χ0) is 21.3. The summed E-state index contributed by atoms with van der Waals surface area (Å²) in [6.45, 7) is 0. The van der Waals surface area contributed by atoms with Crippen molar-refractivity contribution in [3.63, 3.8) is 0 Å². The van der Waals surface area contributed by atoms with Crippen molar-refractivity contribution in [3.8, 4) is 5.75 Å². The number of esters is 1. The third-order valence-electron chi connectivity index (χ3n) is 4.72. The van der Waals surface area contributed by atoms with Crippen molar-refractivity contribution >= 4 is 50.4 Å². The number of benzene rings is 3. The molecule has 0 aliphatic rings. The Morgan fingerprint density at radius 2 is 1.80 bits per heavy atom. The molecule has 1 heterocycles. The van der Waals surface area contributed by atoms with Crippen LogP contribution in [0.25, 0.3) is 32.8 Å². The molecule has 30 heavy (non-hydrogen) atoms. The van der Waals surface area contributed by atoms with E-state index in [1.165, 1.54) is 25.3 Å².